The van der Waals surface area contributed by atoms with Crippen molar-refractivity contribution in [3.05, 3.63) is 30.3 Å². The molecule has 1 unspecified atom stereocenters. The van der Waals surface area contributed by atoms with Crippen LogP contribution in [0, 0.1) is 0 Å². The molecule has 0 spiro atoms. The topological polar surface area (TPSA) is 37.4 Å². The number of guanidine groups is 1. The summed E-state index contributed by atoms with van der Waals surface area (Å²) in [7, 11) is 4.43. The number of likely N-dealkylation sites (N-methyl/N-ethyl adjacent to an activating group) is 2. The molecule has 0 bridgehead atoms. The van der Waals surface area contributed by atoms with Gasteiger partial charge < -0.3 is 20.0 Å². The number of anilines is 1. The van der Waals surface area contributed by atoms with Crippen molar-refractivity contribution in [3.63, 3.8) is 0 Å². The van der Waals surface area contributed by atoms with E-state index in [-0.39, 0.29) is 24.0 Å². The summed E-state index contributed by atoms with van der Waals surface area (Å²) in [6.07, 6.45) is 0. The smallest absolute Gasteiger partial charge is 0.194 e. The molecule has 0 aromatic heterocycles. The minimum Gasteiger partial charge on any atom is -0.368 e. The Hall–Kier alpha value is -1.06. The molecule has 7 heteroatoms. The van der Waals surface area contributed by atoms with Gasteiger partial charge in [-0.2, -0.15) is 0 Å². The number of hydrogen-bond donors (Lipinski definition) is 1. The molecule has 1 aromatic carbocycles. The third-order valence-corrected chi connectivity index (χ3v) is 5.47. The molecule has 2 heterocycles. The Morgan fingerprint density at radius 2 is 1.74 bits per heavy atom. The van der Waals surface area contributed by atoms with Gasteiger partial charge in [-0.05, 0) is 33.2 Å². The van der Waals surface area contributed by atoms with Crippen molar-refractivity contribution >= 4 is 35.6 Å². The van der Waals surface area contributed by atoms with Crippen molar-refractivity contribution in [1.29, 1.82) is 0 Å². The lowest BCUT2D eigenvalue weighted by Gasteiger charge is -2.39. The molecule has 6 nitrogen and oxygen atoms in total. The Morgan fingerprint density at radius 3 is 2.41 bits per heavy atom. The number of piperazine rings is 2. The van der Waals surface area contributed by atoms with Gasteiger partial charge in [0.25, 0.3) is 0 Å². The van der Waals surface area contributed by atoms with E-state index in [0.29, 0.717) is 6.04 Å². The van der Waals surface area contributed by atoms with E-state index in [2.05, 4.69) is 76.3 Å². The zero-order valence-electron chi connectivity index (χ0n) is 17.0. The van der Waals surface area contributed by atoms with Crippen LogP contribution in [0.25, 0.3) is 0 Å². The molecule has 2 saturated heterocycles. The molecule has 1 N–H and O–H groups in total. The number of aliphatic imine (C=N–C) groups is 1. The van der Waals surface area contributed by atoms with Gasteiger partial charge in [0.1, 0.15) is 0 Å². The predicted molar refractivity (Wildman–Crippen MR) is 126 cm³/mol. The fourth-order valence-electron chi connectivity index (χ4n) is 3.73. The van der Waals surface area contributed by atoms with E-state index in [1.54, 1.807) is 0 Å². The number of halogens is 1. The summed E-state index contributed by atoms with van der Waals surface area (Å²) in [5.74, 6) is 1.07. The number of rotatable bonds is 4. The molecule has 0 aliphatic carbocycles. The third kappa shape index (κ3) is 6.22. The predicted octanol–water partition coefficient (Wildman–Crippen LogP) is 1.64. The second-order valence-electron chi connectivity index (χ2n) is 7.40. The second-order valence-corrected chi connectivity index (χ2v) is 7.40. The third-order valence-electron chi connectivity index (χ3n) is 5.47. The highest BCUT2D eigenvalue weighted by Crippen LogP contribution is 2.15. The quantitative estimate of drug-likeness (QED) is 0.398. The highest BCUT2D eigenvalue weighted by atomic mass is 127. The zero-order valence-corrected chi connectivity index (χ0v) is 19.3. The van der Waals surface area contributed by atoms with E-state index in [4.69, 9.17) is 4.99 Å². The van der Waals surface area contributed by atoms with Gasteiger partial charge in [-0.25, -0.2) is 0 Å². The van der Waals surface area contributed by atoms with Gasteiger partial charge in [0, 0.05) is 64.1 Å². The fourth-order valence-corrected chi connectivity index (χ4v) is 3.73. The van der Waals surface area contributed by atoms with Gasteiger partial charge in [0.15, 0.2) is 5.96 Å². The van der Waals surface area contributed by atoms with E-state index in [9.17, 15) is 0 Å². The normalized spacial score (nSPS) is 22.5. The maximum Gasteiger partial charge on any atom is 0.194 e. The first-order valence-electron chi connectivity index (χ1n) is 9.89. The van der Waals surface area contributed by atoms with Crippen LogP contribution in [0.1, 0.15) is 6.92 Å². The molecule has 1 atom stereocenters. The average Bonchev–Trinajstić information content (AvgIpc) is 2.68. The van der Waals surface area contributed by atoms with Crippen LogP contribution in [0.2, 0.25) is 0 Å². The minimum absolute atomic E-state index is 0. The van der Waals surface area contributed by atoms with Crippen molar-refractivity contribution in [2.45, 2.75) is 13.0 Å². The first kappa shape index (κ1) is 22.2. The zero-order chi connectivity index (χ0) is 18.4. The number of nitrogens with one attached hydrogen (secondary N) is 1. The van der Waals surface area contributed by atoms with Gasteiger partial charge >= 0.3 is 0 Å². The molecule has 27 heavy (non-hydrogen) atoms. The van der Waals surface area contributed by atoms with Crippen molar-refractivity contribution in [2.75, 3.05) is 77.9 Å². The van der Waals surface area contributed by atoms with E-state index in [0.717, 1.165) is 64.9 Å². The van der Waals surface area contributed by atoms with Crippen LogP contribution in [0.15, 0.2) is 35.3 Å². The van der Waals surface area contributed by atoms with E-state index in [1.165, 1.54) is 5.69 Å². The first-order chi connectivity index (χ1) is 12.7. The summed E-state index contributed by atoms with van der Waals surface area (Å²) in [6.45, 7) is 11.4. The van der Waals surface area contributed by atoms with Gasteiger partial charge in [-0.1, -0.05) is 18.2 Å². The monoisotopic (exact) mass is 486 g/mol. The molecule has 152 valence electrons. The number of hydrogen-bond acceptors (Lipinski definition) is 4. The standard InChI is InChI=1S/C20H34N6.HI/c1-4-21-20(22-16-19-17-23(2)10-11-24(19)3)26-14-12-25(13-15-26)18-8-6-5-7-9-18;/h5-9,19H,4,10-17H2,1-3H3,(H,21,22);1H. The number of para-hydroxylation sites is 1. The molecule has 1 aromatic rings. The maximum absolute atomic E-state index is 4.99. The van der Waals surface area contributed by atoms with Crippen molar-refractivity contribution in [2.24, 2.45) is 4.99 Å². The minimum atomic E-state index is 0. The van der Waals surface area contributed by atoms with Crippen LogP contribution in [0.3, 0.4) is 0 Å². The van der Waals surface area contributed by atoms with Crippen molar-refractivity contribution in [1.82, 2.24) is 20.0 Å². The van der Waals surface area contributed by atoms with E-state index < -0.39 is 0 Å². The Kier molecular flexibility index (Phi) is 9.11. The summed E-state index contributed by atoms with van der Waals surface area (Å²) >= 11 is 0. The van der Waals surface area contributed by atoms with Crippen LogP contribution in [0.5, 0.6) is 0 Å². The highest BCUT2D eigenvalue weighted by molar-refractivity contribution is 14.0. The summed E-state index contributed by atoms with van der Waals surface area (Å²) in [5, 5.41) is 3.50. The molecule has 2 aliphatic heterocycles. The summed E-state index contributed by atoms with van der Waals surface area (Å²) < 4.78 is 0. The van der Waals surface area contributed by atoms with Gasteiger partial charge in [-0.3, -0.25) is 9.89 Å². The Bertz CT molecular complexity index is 573. The molecule has 3 rings (SSSR count). The fraction of sp³-hybridized carbons (Fsp3) is 0.650. The molecule has 0 saturated carbocycles. The average molecular weight is 486 g/mol. The summed E-state index contributed by atoms with van der Waals surface area (Å²) in [4.78, 5) is 14.7. The number of nitrogens with zero attached hydrogens (tertiary/aromatic N) is 5. The maximum atomic E-state index is 4.99. The lowest BCUT2D eigenvalue weighted by molar-refractivity contribution is 0.119. The Labute approximate surface area is 181 Å². The number of benzene rings is 1. The summed E-state index contributed by atoms with van der Waals surface area (Å²) in [5.41, 5.74) is 1.32. The second kappa shape index (κ2) is 11.1. The van der Waals surface area contributed by atoms with Crippen LogP contribution < -0.4 is 10.2 Å². The van der Waals surface area contributed by atoms with Gasteiger partial charge in [-0.15, -0.1) is 24.0 Å². The molecular weight excluding hydrogens is 451 g/mol. The highest BCUT2D eigenvalue weighted by Gasteiger charge is 2.23. The SMILES string of the molecule is CCNC(=NCC1CN(C)CCN1C)N1CCN(c2ccccc2)CC1.I. The lowest BCUT2D eigenvalue weighted by atomic mass is 10.2. The van der Waals surface area contributed by atoms with Gasteiger partial charge in [0.05, 0.1) is 6.54 Å². The largest absolute Gasteiger partial charge is 0.368 e. The summed E-state index contributed by atoms with van der Waals surface area (Å²) in [6, 6.07) is 11.2. The van der Waals surface area contributed by atoms with Crippen LogP contribution >= 0.6 is 24.0 Å². The van der Waals surface area contributed by atoms with Crippen molar-refractivity contribution in [3.8, 4) is 0 Å². The van der Waals surface area contributed by atoms with Crippen molar-refractivity contribution < 1.29 is 0 Å². The van der Waals surface area contributed by atoms with E-state index >= 15 is 0 Å². The Morgan fingerprint density at radius 1 is 1.04 bits per heavy atom. The van der Waals surface area contributed by atoms with Crippen LogP contribution in [-0.4, -0.2) is 99.7 Å². The molecule has 0 amide bonds. The molecule has 0 radical (unpaired) electrons. The van der Waals surface area contributed by atoms with E-state index in [1.807, 2.05) is 0 Å². The molecular formula is C20H35IN6. The molecule has 2 aliphatic rings. The van der Waals surface area contributed by atoms with Crippen LogP contribution in [-0.2, 0) is 0 Å². The van der Waals surface area contributed by atoms with Crippen LogP contribution in [0.4, 0.5) is 5.69 Å². The molecule has 2 fully saturated rings. The lowest BCUT2D eigenvalue weighted by Crippen LogP contribution is -2.54. The Balaban J connectivity index is 0.00000261. The first-order valence-corrected chi connectivity index (χ1v) is 9.89. The van der Waals surface area contributed by atoms with Gasteiger partial charge in [0.2, 0.25) is 0 Å².